The molecule has 0 unspecified atom stereocenters. The Labute approximate surface area is 156 Å². The van der Waals surface area contributed by atoms with E-state index in [0.717, 1.165) is 22.9 Å². The topological polar surface area (TPSA) is 59.2 Å². The zero-order chi connectivity index (χ0) is 18.5. The van der Waals surface area contributed by atoms with Crippen molar-refractivity contribution in [2.75, 3.05) is 6.61 Å². The SMILES string of the molecule is CCc1cccc2c(C(=O)COC(=O)C=Cc3ccccc3Cl)c[nH]c12. The Morgan fingerprint density at radius 1 is 1.15 bits per heavy atom. The molecule has 0 radical (unpaired) electrons. The van der Waals surface area contributed by atoms with Gasteiger partial charge in [-0.2, -0.15) is 0 Å². The van der Waals surface area contributed by atoms with E-state index >= 15 is 0 Å². The molecule has 1 heterocycles. The van der Waals surface area contributed by atoms with Gasteiger partial charge in [0, 0.05) is 33.8 Å². The zero-order valence-electron chi connectivity index (χ0n) is 14.3. The van der Waals surface area contributed by atoms with Gasteiger partial charge >= 0.3 is 5.97 Å². The summed E-state index contributed by atoms with van der Waals surface area (Å²) in [5.74, 6) is -0.837. The number of halogens is 1. The number of aromatic amines is 1. The van der Waals surface area contributed by atoms with Gasteiger partial charge in [-0.25, -0.2) is 4.79 Å². The minimum Gasteiger partial charge on any atom is -0.454 e. The van der Waals surface area contributed by atoms with Gasteiger partial charge in [0.05, 0.1) is 0 Å². The van der Waals surface area contributed by atoms with E-state index in [1.54, 1.807) is 24.4 Å². The van der Waals surface area contributed by atoms with Crippen LogP contribution in [0.5, 0.6) is 0 Å². The number of fused-ring (bicyclic) bond motifs is 1. The van der Waals surface area contributed by atoms with E-state index in [9.17, 15) is 9.59 Å². The highest BCUT2D eigenvalue weighted by Gasteiger charge is 2.14. The Hall–Kier alpha value is -2.85. The molecule has 0 saturated carbocycles. The second-order valence-electron chi connectivity index (χ2n) is 5.78. The summed E-state index contributed by atoms with van der Waals surface area (Å²) >= 11 is 6.02. The number of hydrogen-bond donors (Lipinski definition) is 1. The highest BCUT2D eigenvalue weighted by Crippen LogP contribution is 2.22. The molecular weight excluding hydrogens is 350 g/mol. The maximum atomic E-state index is 12.4. The number of benzene rings is 2. The van der Waals surface area contributed by atoms with E-state index in [2.05, 4.69) is 11.9 Å². The van der Waals surface area contributed by atoms with E-state index in [-0.39, 0.29) is 12.4 Å². The Morgan fingerprint density at radius 2 is 1.96 bits per heavy atom. The largest absolute Gasteiger partial charge is 0.454 e. The Kier molecular flexibility index (Phi) is 5.54. The van der Waals surface area contributed by atoms with Gasteiger partial charge in [-0.15, -0.1) is 0 Å². The van der Waals surface area contributed by atoms with Crippen LogP contribution in [0.15, 0.2) is 54.7 Å². The molecule has 0 bridgehead atoms. The molecule has 0 aliphatic heterocycles. The smallest absolute Gasteiger partial charge is 0.331 e. The van der Waals surface area contributed by atoms with Gasteiger partial charge in [-0.05, 0) is 29.7 Å². The van der Waals surface area contributed by atoms with Crippen molar-refractivity contribution in [3.8, 4) is 0 Å². The Bertz CT molecular complexity index is 988. The van der Waals surface area contributed by atoms with Crippen molar-refractivity contribution >= 4 is 40.3 Å². The lowest BCUT2D eigenvalue weighted by molar-refractivity contribution is -0.136. The summed E-state index contributed by atoms with van der Waals surface area (Å²) in [6, 6.07) is 13.0. The Morgan fingerprint density at radius 3 is 2.73 bits per heavy atom. The first-order valence-corrected chi connectivity index (χ1v) is 8.69. The number of H-pyrrole nitrogens is 1. The molecule has 0 amide bonds. The lowest BCUT2D eigenvalue weighted by atomic mass is 10.1. The number of nitrogens with one attached hydrogen (secondary N) is 1. The fourth-order valence-electron chi connectivity index (χ4n) is 2.77. The number of carbonyl (C=O) groups is 2. The summed E-state index contributed by atoms with van der Waals surface area (Å²) in [5.41, 5.74) is 3.32. The number of Topliss-reactive ketones (excluding diaryl/α,β-unsaturated/α-hetero) is 1. The van der Waals surface area contributed by atoms with Crippen molar-refractivity contribution in [1.82, 2.24) is 4.98 Å². The van der Waals surface area contributed by atoms with Crippen molar-refractivity contribution in [1.29, 1.82) is 0 Å². The molecule has 2 aromatic carbocycles. The molecule has 0 aliphatic rings. The van der Waals surface area contributed by atoms with Gasteiger partial charge in [0.2, 0.25) is 5.78 Å². The lowest BCUT2D eigenvalue weighted by Crippen LogP contribution is -2.12. The lowest BCUT2D eigenvalue weighted by Gasteiger charge is -2.02. The van der Waals surface area contributed by atoms with Crippen molar-refractivity contribution in [2.45, 2.75) is 13.3 Å². The van der Waals surface area contributed by atoms with Crippen LogP contribution in [0.1, 0.15) is 28.4 Å². The molecule has 1 N–H and O–H groups in total. The molecule has 0 aliphatic carbocycles. The summed E-state index contributed by atoms with van der Waals surface area (Å²) < 4.78 is 5.06. The minimum atomic E-state index is -0.590. The van der Waals surface area contributed by atoms with Crippen LogP contribution in [0, 0.1) is 0 Å². The molecule has 1 aromatic heterocycles. The predicted molar refractivity (Wildman–Crippen MR) is 103 cm³/mol. The van der Waals surface area contributed by atoms with Gasteiger partial charge in [0.25, 0.3) is 0 Å². The monoisotopic (exact) mass is 367 g/mol. The third-order valence-corrected chi connectivity index (χ3v) is 4.48. The molecule has 0 atom stereocenters. The number of rotatable bonds is 6. The first kappa shape index (κ1) is 18.0. The van der Waals surface area contributed by atoms with E-state index in [0.29, 0.717) is 16.1 Å². The molecular formula is C21H18ClNO3. The normalized spacial score (nSPS) is 11.2. The van der Waals surface area contributed by atoms with Gasteiger partial charge in [0.15, 0.2) is 6.61 Å². The van der Waals surface area contributed by atoms with Gasteiger partial charge in [0.1, 0.15) is 0 Å². The summed E-state index contributed by atoms with van der Waals surface area (Å²) in [4.78, 5) is 27.4. The summed E-state index contributed by atoms with van der Waals surface area (Å²) in [6.07, 6.45) is 5.36. The van der Waals surface area contributed by atoms with Gasteiger partial charge < -0.3 is 9.72 Å². The fraction of sp³-hybridized carbons (Fsp3) is 0.143. The third-order valence-electron chi connectivity index (χ3n) is 4.13. The molecule has 3 rings (SSSR count). The quantitative estimate of drug-likeness (QED) is 0.386. The Balaban J connectivity index is 1.66. The van der Waals surface area contributed by atoms with Crippen LogP contribution < -0.4 is 0 Å². The number of ether oxygens (including phenoxy) is 1. The molecule has 4 nitrogen and oxygen atoms in total. The van der Waals surface area contributed by atoms with E-state index in [1.807, 2.05) is 30.3 Å². The van der Waals surface area contributed by atoms with Crippen LogP contribution >= 0.6 is 11.6 Å². The minimum absolute atomic E-state index is 0.246. The van der Waals surface area contributed by atoms with Crippen LogP contribution in [0.4, 0.5) is 0 Å². The average molecular weight is 368 g/mol. The number of aryl methyl sites for hydroxylation is 1. The molecule has 132 valence electrons. The highest BCUT2D eigenvalue weighted by molar-refractivity contribution is 6.32. The number of hydrogen-bond acceptors (Lipinski definition) is 3. The maximum Gasteiger partial charge on any atom is 0.331 e. The van der Waals surface area contributed by atoms with Crippen LogP contribution in [0.25, 0.3) is 17.0 Å². The molecule has 0 fully saturated rings. The molecule has 0 spiro atoms. The van der Waals surface area contributed by atoms with E-state index in [4.69, 9.17) is 16.3 Å². The maximum absolute atomic E-state index is 12.4. The molecule has 26 heavy (non-hydrogen) atoms. The second kappa shape index (κ2) is 8.02. The van der Waals surface area contributed by atoms with E-state index in [1.165, 1.54) is 6.08 Å². The average Bonchev–Trinajstić information content (AvgIpc) is 3.09. The van der Waals surface area contributed by atoms with Crippen LogP contribution in [0.2, 0.25) is 5.02 Å². The number of carbonyl (C=O) groups excluding carboxylic acids is 2. The molecule has 0 saturated heterocycles. The van der Waals surface area contributed by atoms with Crippen molar-refractivity contribution in [2.24, 2.45) is 0 Å². The fourth-order valence-corrected chi connectivity index (χ4v) is 2.97. The molecule has 3 aromatic rings. The molecule has 5 heteroatoms. The number of aromatic nitrogens is 1. The van der Waals surface area contributed by atoms with Crippen LogP contribution in [-0.4, -0.2) is 23.3 Å². The predicted octanol–water partition coefficient (Wildman–Crippen LogP) is 4.82. The summed E-state index contributed by atoms with van der Waals surface area (Å²) in [6.45, 7) is 1.75. The first-order chi connectivity index (χ1) is 12.6. The van der Waals surface area contributed by atoms with Crippen LogP contribution in [0.3, 0.4) is 0 Å². The van der Waals surface area contributed by atoms with Crippen molar-refractivity contribution in [3.05, 3.63) is 76.5 Å². The zero-order valence-corrected chi connectivity index (χ0v) is 15.0. The number of para-hydroxylation sites is 1. The number of esters is 1. The van der Waals surface area contributed by atoms with E-state index < -0.39 is 5.97 Å². The van der Waals surface area contributed by atoms with Crippen molar-refractivity contribution in [3.63, 3.8) is 0 Å². The number of ketones is 1. The standard InChI is InChI=1S/C21H18ClNO3/c1-2-14-7-5-8-16-17(12-23-21(14)16)19(24)13-26-20(25)11-10-15-6-3-4-9-18(15)22/h3-12,23H,2,13H2,1H3. The third kappa shape index (κ3) is 3.86. The second-order valence-corrected chi connectivity index (χ2v) is 6.19. The first-order valence-electron chi connectivity index (χ1n) is 8.31. The van der Waals surface area contributed by atoms with Gasteiger partial charge in [-0.1, -0.05) is 54.9 Å². The highest BCUT2D eigenvalue weighted by atomic mass is 35.5. The van der Waals surface area contributed by atoms with Gasteiger partial charge in [-0.3, -0.25) is 4.79 Å². The van der Waals surface area contributed by atoms with Crippen LogP contribution in [-0.2, 0) is 16.0 Å². The summed E-state index contributed by atoms with van der Waals surface area (Å²) in [7, 11) is 0. The van der Waals surface area contributed by atoms with Crippen molar-refractivity contribution < 1.29 is 14.3 Å². The summed E-state index contributed by atoms with van der Waals surface area (Å²) in [5, 5.41) is 1.38.